The van der Waals surface area contributed by atoms with E-state index in [1.165, 1.54) is 6.33 Å². The van der Waals surface area contributed by atoms with E-state index in [-0.39, 0.29) is 23.9 Å². The number of rotatable bonds is 4. The standard InChI is InChI=1S/C22H27N5O5/c1-20(2)7-12(8-20)19(28)29-10-22(9-23)17-16(30-21(3,4)32-17)15(31-22)13-5-6-14-18(24)25-11-26-27(13)14/h5-6,11-12,15-17H,7-8,10H2,1-4H3,(H2,24,25,26)/t15-,16-,17-,22+/m0/s1. The quantitative estimate of drug-likeness (QED) is 0.708. The molecule has 0 spiro atoms. The molecule has 1 aliphatic carbocycles. The zero-order valence-electron chi connectivity index (χ0n) is 18.6. The molecule has 0 bridgehead atoms. The van der Waals surface area contributed by atoms with Crippen LogP contribution in [-0.4, -0.2) is 50.8 Å². The summed E-state index contributed by atoms with van der Waals surface area (Å²) in [6, 6.07) is 5.81. The first kappa shape index (κ1) is 21.1. The summed E-state index contributed by atoms with van der Waals surface area (Å²) in [6.07, 6.45) is 0.867. The number of fused-ring (bicyclic) bond motifs is 2. The van der Waals surface area contributed by atoms with Crippen molar-refractivity contribution in [2.45, 2.75) is 70.2 Å². The van der Waals surface area contributed by atoms with Gasteiger partial charge in [0.2, 0.25) is 5.60 Å². The van der Waals surface area contributed by atoms with Crippen LogP contribution in [0.25, 0.3) is 5.52 Å². The van der Waals surface area contributed by atoms with Crippen LogP contribution in [0.4, 0.5) is 5.82 Å². The maximum atomic E-state index is 12.6. The van der Waals surface area contributed by atoms with E-state index >= 15 is 0 Å². The minimum atomic E-state index is -1.51. The smallest absolute Gasteiger partial charge is 0.309 e. The Labute approximate surface area is 185 Å². The Morgan fingerprint density at radius 3 is 2.72 bits per heavy atom. The van der Waals surface area contributed by atoms with Gasteiger partial charge in [0, 0.05) is 0 Å². The molecule has 0 radical (unpaired) electrons. The monoisotopic (exact) mass is 441 g/mol. The molecular weight excluding hydrogens is 414 g/mol. The van der Waals surface area contributed by atoms with Crippen molar-refractivity contribution < 1.29 is 23.7 Å². The first-order chi connectivity index (χ1) is 15.0. The fourth-order valence-corrected chi connectivity index (χ4v) is 5.12. The summed E-state index contributed by atoms with van der Waals surface area (Å²) in [5, 5.41) is 14.4. The van der Waals surface area contributed by atoms with E-state index in [0.29, 0.717) is 17.0 Å². The molecule has 0 aromatic carbocycles. The van der Waals surface area contributed by atoms with Crippen LogP contribution in [0.1, 0.15) is 52.3 Å². The Kier molecular flexibility index (Phi) is 4.54. The second-order valence-corrected chi connectivity index (χ2v) is 10.1. The second kappa shape index (κ2) is 6.88. The minimum absolute atomic E-state index is 0.142. The van der Waals surface area contributed by atoms with Gasteiger partial charge in [-0.05, 0) is 44.2 Å². The van der Waals surface area contributed by atoms with Crippen molar-refractivity contribution in [3.05, 3.63) is 24.2 Å². The number of nitrogen functional groups attached to an aromatic ring is 1. The Balaban J connectivity index is 1.44. The molecule has 2 aromatic heterocycles. The fourth-order valence-electron chi connectivity index (χ4n) is 5.12. The van der Waals surface area contributed by atoms with E-state index in [0.717, 1.165) is 12.8 Å². The maximum absolute atomic E-state index is 12.6. The molecule has 2 saturated heterocycles. The first-order valence-corrected chi connectivity index (χ1v) is 10.7. The van der Waals surface area contributed by atoms with Crippen LogP contribution in [0.3, 0.4) is 0 Å². The number of nitriles is 1. The van der Waals surface area contributed by atoms with Crippen LogP contribution >= 0.6 is 0 Å². The van der Waals surface area contributed by atoms with Gasteiger partial charge in [-0.3, -0.25) is 4.79 Å². The third kappa shape index (κ3) is 3.23. The highest BCUT2D eigenvalue weighted by Gasteiger charge is 2.65. The summed E-state index contributed by atoms with van der Waals surface area (Å²) in [6.45, 7) is 7.56. The van der Waals surface area contributed by atoms with Gasteiger partial charge in [-0.15, -0.1) is 0 Å². The predicted molar refractivity (Wildman–Crippen MR) is 111 cm³/mol. The molecule has 5 rings (SSSR count). The zero-order chi connectivity index (χ0) is 22.9. The van der Waals surface area contributed by atoms with Crippen molar-refractivity contribution in [2.24, 2.45) is 11.3 Å². The molecule has 2 aliphatic heterocycles. The van der Waals surface area contributed by atoms with Crippen molar-refractivity contribution in [2.75, 3.05) is 12.3 Å². The Morgan fingerprint density at radius 2 is 2.03 bits per heavy atom. The van der Waals surface area contributed by atoms with Crippen molar-refractivity contribution in [1.82, 2.24) is 14.6 Å². The van der Waals surface area contributed by atoms with Crippen LogP contribution in [0.2, 0.25) is 0 Å². The fraction of sp³-hybridized carbons (Fsp3) is 0.636. The molecule has 0 amide bonds. The number of carbonyl (C=O) groups excluding carboxylic acids is 1. The molecule has 4 heterocycles. The van der Waals surface area contributed by atoms with E-state index in [1.807, 2.05) is 6.07 Å². The van der Waals surface area contributed by atoms with E-state index in [1.54, 1.807) is 24.4 Å². The van der Waals surface area contributed by atoms with Gasteiger partial charge in [0.25, 0.3) is 0 Å². The SMILES string of the molecule is CC1(C)CC(C(=O)OC[C@@]2(C#N)O[C@@H](c3ccc4c(N)ncnn34)[C@@H]3OC(C)(C)O[C@@H]32)C1. The molecule has 2 N–H and O–H groups in total. The number of aromatic nitrogens is 3. The average molecular weight is 441 g/mol. The van der Waals surface area contributed by atoms with E-state index in [2.05, 4.69) is 30.0 Å². The Hall–Kier alpha value is -2.74. The zero-order valence-corrected chi connectivity index (χ0v) is 18.6. The highest BCUT2D eigenvalue weighted by molar-refractivity contribution is 5.74. The molecule has 3 aliphatic rings. The number of hydrogen-bond donors (Lipinski definition) is 1. The van der Waals surface area contributed by atoms with Gasteiger partial charge in [-0.1, -0.05) is 13.8 Å². The van der Waals surface area contributed by atoms with Crippen molar-refractivity contribution in [3.8, 4) is 6.07 Å². The normalized spacial score (nSPS) is 32.9. The highest BCUT2D eigenvalue weighted by atomic mass is 16.8. The second-order valence-electron chi connectivity index (χ2n) is 10.1. The lowest BCUT2D eigenvalue weighted by Crippen LogP contribution is -2.47. The molecule has 3 fully saturated rings. The highest BCUT2D eigenvalue weighted by Crippen LogP contribution is 2.50. The number of anilines is 1. The van der Waals surface area contributed by atoms with E-state index in [4.69, 9.17) is 24.7 Å². The van der Waals surface area contributed by atoms with Gasteiger partial charge in [-0.2, -0.15) is 10.4 Å². The van der Waals surface area contributed by atoms with Gasteiger partial charge in [0.1, 0.15) is 42.8 Å². The van der Waals surface area contributed by atoms with Crippen LogP contribution in [-0.2, 0) is 23.7 Å². The molecule has 4 atom stereocenters. The Morgan fingerprint density at radius 1 is 1.28 bits per heavy atom. The summed E-state index contributed by atoms with van der Waals surface area (Å²) < 4.78 is 25.7. The van der Waals surface area contributed by atoms with Crippen molar-refractivity contribution in [1.29, 1.82) is 5.26 Å². The summed E-state index contributed by atoms with van der Waals surface area (Å²) in [5.74, 6) is -1.06. The first-order valence-electron chi connectivity index (χ1n) is 10.7. The van der Waals surface area contributed by atoms with E-state index in [9.17, 15) is 10.1 Å². The van der Waals surface area contributed by atoms with Crippen molar-refractivity contribution >= 4 is 17.3 Å². The van der Waals surface area contributed by atoms with Crippen molar-refractivity contribution in [3.63, 3.8) is 0 Å². The third-order valence-electron chi connectivity index (χ3n) is 6.58. The largest absolute Gasteiger partial charge is 0.461 e. The number of hydrogen-bond acceptors (Lipinski definition) is 9. The molecule has 1 saturated carbocycles. The predicted octanol–water partition coefficient (Wildman–Crippen LogP) is 2.14. The van der Waals surface area contributed by atoms with Crippen LogP contribution < -0.4 is 5.73 Å². The third-order valence-corrected chi connectivity index (χ3v) is 6.58. The number of esters is 1. The summed E-state index contributed by atoms with van der Waals surface area (Å²) in [4.78, 5) is 16.6. The molecule has 10 nitrogen and oxygen atoms in total. The van der Waals surface area contributed by atoms with Crippen LogP contribution in [0.5, 0.6) is 0 Å². The van der Waals surface area contributed by atoms with Crippen LogP contribution in [0.15, 0.2) is 18.5 Å². The number of carbonyl (C=O) groups is 1. The molecular formula is C22H27N5O5. The summed E-state index contributed by atoms with van der Waals surface area (Å²) >= 11 is 0. The average Bonchev–Trinajstić information content (AvgIpc) is 3.35. The van der Waals surface area contributed by atoms with Gasteiger partial charge in [0.05, 0.1) is 11.6 Å². The molecule has 32 heavy (non-hydrogen) atoms. The lowest BCUT2D eigenvalue weighted by atomic mass is 9.64. The van der Waals surface area contributed by atoms with Gasteiger partial charge in [0.15, 0.2) is 11.6 Å². The summed E-state index contributed by atoms with van der Waals surface area (Å²) in [7, 11) is 0. The number of ether oxygens (including phenoxy) is 4. The number of nitrogens with two attached hydrogens (primary N) is 1. The van der Waals surface area contributed by atoms with Gasteiger partial charge >= 0.3 is 5.97 Å². The van der Waals surface area contributed by atoms with Gasteiger partial charge < -0.3 is 24.7 Å². The summed E-state index contributed by atoms with van der Waals surface area (Å²) in [5.41, 5.74) is 5.86. The lowest BCUT2D eigenvalue weighted by Gasteiger charge is -2.41. The minimum Gasteiger partial charge on any atom is -0.461 e. The maximum Gasteiger partial charge on any atom is 0.309 e. The number of nitrogens with zero attached hydrogens (tertiary/aromatic N) is 4. The molecule has 170 valence electrons. The molecule has 10 heteroatoms. The molecule has 2 aromatic rings. The lowest BCUT2D eigenvalue weighted by molar-refractivity contribution is -0.209. The Bertz CT molecular complexity index is 1110. The van der Waals surface area contributed by atoms with E-state index < -0.39 is 29.7 Å². The topological polar surface area (TPSA) is 134 Å². The van der Waals surface area contributed by atoms with Crippen LogP contribution in [0, 0.1) is 22.7 Å². The molecule has 0 unspecified atom stereocenters. The van der Waals surface area contributed by atoms with Gasteiger partial charge in [-0.25, -0.2) is 9.50 Å².